The Kier molecular flexibility index (Phi) is 4.46. The summed E-state index contributed by atoms with van der Waals surface area (Å²) < 4.78 is 0. The molecular weight excluding hydrogens is 240 g/mol. The Balaban J connectivity index is 2.12. The van der Waals surface area contributed by atoms with Crippen molar-refractivity contribution in [1.82, 2.24) is 4.90 Å². The van der Waals surface area contributed by atoms with Gasteiger partial charge in [0.1, 0.15) is 0 Å². The number of hydrogen-bond acceptors (Lipinski definition) is 3. The third-order valence-corrected chi connectivity index (χ3v) is 5.04. The zero-order valence-electron chi connectivity index (χ0n) is 11.9. The Morgan fingerprint density at radius 2 is 2.11 bits per heavy atom. The van der Waals surface area contributed by atoms with E-state index >= 15 is 0 Å². The van der Waals surface area contributed by atoms with Crippen LogP contribution in [0.25, 0.3) is 0 Å². The van der Waals surface area contributed by atoms with Crippen LogP contribution in [0, 0.1) is 5.41 Å². The van der Waals surface area contributed by atoms with Gasteiger partial charge in [-0.1, -0.05) is 19.9 Å². The standard InChI is InChI=1S/C15H26N2S/c1-12(16)14(13-6-4-11-18-13)17-9-5-7-15(2,3)8-10-17/h4,6,11-12,14H,5,7-10,16H2,1-3H3. The van der Waals surface area contributed by atoms with Crippen molar-refractivity contribution in [2.24, 2.45) is 11.1 Å². The summed E-state index contributed by atoms with van der Waals surface area (Å²) >= 11 is 1.84. The summed E-state index contributed by atoms with van der Waals surface area (Å²) in [5.41, 5.74) is 6.73. The Bertz CT molecular complexity index is 357. The van der Waals surface area contributed by atoms with Gasteiger partial charge < -0.3 is 5.73 Å². The van der Waals surface area contributed by atoms with Crippen molar-refractivity contribution in [3.05, 3.63) is 22.4 Å². The number of nitrogens with two attached hydrogens (primary N) is 1. The summed E-state index contributed by atoms with van der Waals surface area (Å²) in [6.45, 7) is 9.29. The SMILES string of the molecule is CC(N)C(c1cccs1)N1CCCC(C)(C)CC1. The molecule has 1 saturated heterocycles. The second-order valence-corrected chi connectivity index (χ2v) is 7.35. The van der Waals surface area contributed by atoms with Gasteiger partial charge in [-0.2, -0.15) is 0 Å². The zero-order chi connectivity index (χ0) is 13.2. The molecule has 0 radical (unpaired) electrons. The summed E-state index contributed by atoms with van der Waals surface area (Å²) in [6.07, 6.45) is 3.91. The van der Waals surface area contributed by atoms with E-state index in [9.17, 15) is 0 Å². The smallest absolute Gasteiger partial charge is 0.0590 e. The molecule has 1 fully saturated rings. The van der Waals surface area contributed by atoms with Gasteiger partial charge in [-0.3, -0.25) is 4.90 Å². The third-order valence-electron chi connectivity index (χ3n) is 4.10. The molecule has 0 amide bonds. The molecular formula is C15H26N2S. The second kappa shape index (κ2) is 5.72. The quantitative estimate of drug-likeness (QED) is 0.905. The minimum atomic E-state index is 0.199. The fraction of sp³-hybridized carbons (Fsp3) is 0.733. The molecule has 2 nitrogen and oxygen atoms in total. The van der Waals surface area contributed by atoms with Gasteiger partial charge in [0.25, 0.3) is 0 Å². The summed E-state index contributed by atoms with van der Waals surface area (Å²) in [6, 6.07) is 4.97. The van der Waals surface area contributed by atoms with Gasteiger partial charge in [-0.05, 0) is 56.1 Å². The molecule has 1 aromatic rings. The predicted molar refractivity (Wildman–Crippen MR) is 79.9 cm³/mol. The van der Waals surface area contributed by atoms with Gasteiger partial charge in [0.2, 0.25) is 0 Å². The molecule has 2 heterocycles. The van der Waals surface area contributed by atoms with Crippen molar-refractivity contribution in [1.29, 1.82) is 0 Å². The number of hydrogen-bond donors (Lipinski definition) is 1. The number of likely N-dealkylation sites (tertiary alicyclic amines) is 1. The number of rotatable bonds is 3. The van der Waals surface area contributed by atoms with E-state index in [1.54, 1.807) is 0 Å². The fourth-order valence-electron chi connectivity index (χ4n) is 2.95. The van der Waals surface area contributed by atoms with Crippen molar-refractivity contribution in [3.8, 4) is 0 Å². The van der Waals surface area contributed by atoms with Gasteiger partial charge in [0, 0.05) is 10.9 Å². The van der Waals surface area contributed by atoms with E-state index in [1.165, 1.54) is 37.2 Å². The molecule has 1 aromatic heterocycles. The lowest BCUT2D eigenvalue weighted by atomic mass is 9.85. The molecule has 1 aliphatic rings. The molecule has 2 N–H and O–H groups in total. The molecule has 1 aliphatic heterocycles. The van der Waals surface area contributed by atoms with Crippen LogP contribution < -0.4 is 5.73 Å². The minimum Gasteiger partial charge on any atom is -0.326 e. The molecule has 0 bridgehead atoms. The Morgan fingerprint density at radius 3 is 2.72 bits per heavy atom. The highest BCUT2D eigenvalue weighted by atomic mass is 32.1. The topological polar surface area (TPSA) is 29.3 Å². The Morgan fingerprint density at radius 1 is 1.33 bits per heavy atom. The van der Waals surface area contributed by atoms with E-state index < -0.39 is 0 Å². The molecule has 2 rings (SSSR count). The molecule has 2 atom stereocenters. The lowest BCUT2D eigenvalue weighted by Gasteiger charge is -2.33. The van der Waals surface area contributed by atoms with Gasteiger partial charge in [-0.25, -0.2) is 0 Å². The van der Waals surface area contributed by atoms with Crippen LogP contribution in [0.3, 0.4) is 0 Å². The van der Waals surface area contributed by atoms with Crippen LogP contribution in [0.4, 0.5) is 0 Å². The number of nitrogens with zero attached hydrogens (tertiary/aromatic N) is 1. The van der Waals surface area contributed by atoms with Gasteiger partial charge in [0.15, 0.2) is 0 Å². The van der Waals surface area contributed by atoms with Crippen LogP contribution >= 0.6 is 11.3 Å². The van der Waals surface area contributed by atoms with E-state index in [0.29, 0.717) is 11.5 Å². The van der Waals surface area contributed by atoms with Crippen LogP contribution in [0.5, 0.6) is 0 Å². The highest BCUT2D eigenvalue weighted by molar-refractivity contribution is 7.10. The van der Waals surface area contributed by atoms with Crippen molar-refractivity contribution >= 4 is 11.3 Å². The van der Waals surface area contributed by atoms with Crippen LogP contribution in [0.2, 0.25) is 0 Å². The number of thiophene rings is 1. The van der Waals surface area contributed by atoms with E-state index in [2.05, 4.69) is 43.2 Å². The summed E-state index contributed by atoms with van der Waals surface area (Å²) in [7, 11) is 0. The monoisotopic (exact) mass is 266 g/mol. The molecule has 18 heavy (non-hydrogen) atoms. The maximum absolute atomic E-state index is 6.24. The fourth-order valence-corrected chi connectivity index (χ4v) is 3.93. The largest absolute Gasteiger partial charge is 0.326 e. The molecule has 0 aromatic carbocycles. The third kappa shape index (κ3) is 3.34. The Labute approximate surface area is 115 Å². The van der Waals surface area contributed by atoms with Crippen molar-refractivity contribution in [2.45, 2.75) is 52.1 Å². The van der Waals surface area contributed by atoms with E-state index in [0.717, 1.165) is 0 Å². The molecule has 0 aliphatic carbocycles. The van der Waals surface area contributed by atoms with Crippen LogP contribution in [0.15, 0.2) is 17.5 Å². The summed E-state index contributed by atoms with van der Waals surface area (Å²) in [4.78, 5) is 4.02. The first-order valence-corrected chi connectivity index (χ1v) is 7.91. The predicted octanol–water partition coefficient (Wildman–Crippen LogP) is 3.65. The van der Waals surface area contributed by atoms with E-state index in [-0.39, 0.29) is 6.04 Å². The Hall–Kier alpha value is -0.380. The molecule has 0 spiro atoms. The lowest BCUT2D eigenvalue weighted by molar-refractivity contribution is 0.178. The van der Waals surface area contributed by atoms with Gasteiger partial charge >= 0.3 is 0 Å². The summed E-state index contributed by atoms with van der Waals surface area (Å²) in [5, 5.41) is 2.16. The summed E-state index contributed by atoms with van der Waals surface area (Å²) in [5.74, 6) is 0. The molecule has 3 heteroatoms. The van der Waals surface area contributed by atoms with Crippen molar-refractivity contribution in [3.63, 3.8) is 0 Å². The average Bonchev–Trinajstić information content (AvgIpc) is 2.72. The lowest BCUT2D eigenvalue weighted by Crippen LogP contribution is -2.39. The zero-order valence-corrected chi connectivity index (χ0v) is 12.7. The van der Waals surface area contributed by atoms with E-state index in [1.807, 2.05) is 11.3 Å². The van der Waals surface area contributed by atoms with Gasteiger partial charge in [-0.15, -0.1) is 11.3 Å². The maximum atomic E-state index is 6.24. The van der Waals surface area contributed by atoms with Crippen LogP contribution in [0.1, 0.15) is 51.0 Å². The normalized spacial score (nSPS) is 24.4. The minimum absolute atomic E-state index is 0.199. The average molecular weight is 266 g/mol. The first-order chi connectivity index (χ1) is 8.49. The van der Waals surface area contributed by atoms with Gasteiger partial charge in [0.05, 0.1) is 6.04 Å². The van der Waals surface area contributed by atoms with E-state index in [4.69, 9.17) is 5.73 Å². The van der Waals surface area contributed by atoms with Crippen LogP contribution in [-0.4, -0.2) is 24.0 Å². The molecule has 0 saturated carbocycles. The maximum Gasteiger partial charge on any atom is 0.0590 e. The van der Waals surface area contributed by atoms with Crippen LogP contribution in [-0.2, 0) is 0 Å². The first kappa shape index (κ1) is 14.0. The molecule has 2 unspecified atom stereocenters. The second-order valence-electron chi connectivity index (χ2n) is 6.37. The first-order valence-electron chi connectivity index (χ1n) is 7.03. The van der Waals surface area contributed by atoms with Crippen molar-refractivity contribution in [2.75, 3.05) is 13.1 Å². The molecule has 102 valence electrons. The van der Waals surface area contributed by atoms with Crippen molar-refractivity contribution < 1.29 is 0 Å². The highest BCUT2D eigenvalue weighted by Crippen LogP contribution is 2.35. The highest BCUT2D eigenvalue weighted by Gasteiger charge is 2.29.